The van der Waals surface area contributed by atoms with Crippen LogP contribution in [0.2, 0.25) is 0 Å². The van der Waals surface area contributed by atoms with Crippen molar-refractivity contribution in [3.8, 4) is 0 Å². The van der Waals surface area contributed by atoms with Gasteiger partial charge in [-0.25, -0.2) is 4.79 Å². The third-order valence-corrected chi connectivity index (χ3v) is 0.941. The van der Waals surface area contributed by atoms with Crippen LogP contribution in [0, 0.1) is 0 Å². The predicted octanol–water partition coefficient (Wildman–Crippen LogP) is 1.07. The largest absolute Gasteiger partial charge is 0.465 e. The SMILES string of the molecule is [2H]C([2H])([2H])C([2H])([2H])OC(=O)CNC(=O)OC(C)(C)C. The van der Waals surface area contributed by atoms with Crippen LogP contribution in [0.4, 0.5) is 4.79 Å². The van der Waals surface area contributed by atoms with Gasteiger partial charge < -0.3 is 14.8 Å². The highest BCUT2D eigenvalue weighted by molar-refractivity contribution is 5.77. The summed E-state index contributed by atoms with van der Waals surface area (Å²) < 4.78 is 43.6. The van der Waals surface area contributed by atoms with E-state index in [2.05, 4.69) is 4.74 Å². The molecule has 1 N–H and O–H groups in total. The Kier molecular flexibility index (Phi) is 2.45. The van der Waals surface area contributed by atoms with Crippen molar-refractivity contribution >= 4 is 12.1 Å². The Morgan fingerprint density at radius 1 is 1.50 bits per heavy atom. The first kappa shape index (κ1) is 6.27. The van der Waals surface area contributed by atoms with Gasteiger partial charge in [-0.05, 0) is 27.6 Å². The maximum Gasteiger partial charge on any atom is 0.408 e. The molecule has 0 aromatic rings. The third-order valence-electron chi connectivity index (χ3n) is 0.941. The average Bonchev–Trinajstić information content (AvgIpc) is 2.09. The zero-order valence-corrected chi connectivity index (χ0v) is 8.34. The number of carbonyl (C=O) groups is 2. The van der Waals surface area contributed by atoms with E-state index in [4.69, 9.17) is 11.6 Å². The third kappa shape index (κ3) is 7.39. The number of rotatable bonds is 3. The molecule has 0 aliphatic heterocycles. The first-order chi connectivity index (χ1) is 8.24. The highest BCUT2D eigenvalue weighted by atomic mass is 16.6. The molecule has 0 bridgehead atoms. The minimum atomic E-state index is -3.11. The summed E-state index contributed by atoms with van der Waals surface area (Å²) in [5.74, 6) is -1.22. The van der Waals surface area contributed by atoms with Gasteiger partial charge in [0.05, 0.1) is 9.30 Å². The summed E-state index contributed by atoms with van der Waals surface area (Å²) in [6, 6.07) is 0. The van der Waals surface area contributed by atoms with Gasteiger partial charge in [0, 0.05) is 4.11 Å². The maximum atomic E-state index is 11.2. The number of hydrogen-bond donors (Lipinski definition) is 1. The number of ether oxygens (including phenoxy) is 2. The molecular formula is C9H17NO4. The summed E-state index contributed by atoms with van der Waals surface area (Å²) in [6.07, 6.45) is -0.890. The lowest BCUT2D eigenvalue weighted by Crippen LogP contribution is -2.36. The van der Waals surface area contributed by atoms with E-state index >= 15 is 0 Å². The van der Waals surface area contributed by atoms with E-state index in [-0.39, 0.29) is 0 Å². The Bertz CT molecular complexity index is 347. The van der Waals surface area contributed by atoms with Crippen LogP contribution >= 0.6 is 0 Å². The minimum Gasteiger partial charge on any atom is -0.465 e. The lowest BCUT2D eigenvalue weighted by atomic mass is 10.2. The summed E-state index contributed by atoms with van der Waals surface area (Å²) >= 11 is 0. The molecule has 0 aromatic carbocycles. The van der Waals surface area contributed by atoms with Crippen molar-refractivity contribution in [3.05, 3.63) is 0 Å². The van der Waals surface area contributed by atoms with Gasteiger partial charge in [0.2, 0.25) is 0 Å². The molecule has 82 valence electrons. The number of hydrogen-bond acceptors (Lipinski definition) is 4. The second-order valence-corrected chi connectivity index (χ2v) is 3.43. The molecule has 14 heavy (non-hydrogen) atoms. The van der Waals surface area contributed by atoms with Crippen LogP contribution in [0.15, 0.2) is 0 Å². The van der Waals surface area contributed by atoms with Crippen LogP contribution < -0.4 is 5.32 Å². The smallest absolute Gasteiger partial charge is 0.408 e. The molecule has 1 amide bonds. The van der Waals surface area contributed by atoms with Crippen molar-refractivity contribution in [1.82, 2.24) is 5.32 Å². The lowest BCUT2D eigenvalue weighted by molar-refractivity contribution is -0.142. The van der Waals surface area contributed by atoms with Crippen LogP contribution in [0.3, 0.4) is 0 Å². The summed E-state index contributed by atoms with van der Waals surface area (Å²) in [7, 11) is 0. The normalized spacial score (nSPS) is 17.8. The number of alkyl carbamates (subject to hydrolysis) is 1. The van der Waals surface area contributed by atoms with Crippen molar-refractivity contribution in [2.75, 3.05) is 13.1 Å². The number of esters is 1. The molecular weight excluding hydrogens is 186 g/mol. The molecule has 0 radical (unpaired) electrons. The van der Waals surface area contributed by atoms with E-state index in [1.807, 2.05) is 5.32 Å². The molecule has 5 nitrogen and oxygen atoms in total. The standard InChI is InChI=1S/C9H17NO4/c1-5-13-7(11)6-10-8(12)14-9(2,3)4/h5-6H2,1-4H3,(H,10,12)/i1D3,5D2. The molecule has 0 heterocycles. The number of nitrogens with one attached hydrogen (secondary N) is 1. The zero-order valence-electron chi connectivity index (χ0n) is 13.3. The fraction of sp³-hybridized carbons (Fsp3) is 0.778. The van der Waals surface area contributed by atoms with E-state index in [1.165, 1.54) is 0 Å². The van der Waals surface area contributed by atoms with Gasteiger partial charge in [0.25, 0.3) is 0 Å². The number of amides is 1. The quantitative estimate of drug-likeness (QED) is 0.705. The molecule has 0 fully saturated rings. The Morgan fingerprint density at radius 3 is 2.64 bits per heavy atom. The maximum absolute atomic E-state index is 11.2. The Labute approximate surface area is 90.8 Å². The van der Waals surface area contributed by atoms with Crippen LogP contribution in [-0.4, -0.2) is 30.8 Å². The van der Waals surface area contributed by atoms with Crippen LogP contribution in [0.1, 0.15) is 34.5 Å². The summed E-state index contributed by atoms with van der Waals surface area (Å²) in [5, 5.41) is 2.03. The monoisotopic (exact) mass is 208 g/mol. The van der Waals surface area contributed by atoms with Gasteiger partial charge in [-0.1, -0.05) is 0 Å². The summed E-state index contributed by atoms with van der Waals surface area (Å²) in [5.41, 5.74) is -0.749. The van der Waals surface area contributed by atoms with E-state index in [1.54, 1.807) is 20.8 Å². The molecule has 0 aliphatic carbocycles. The lowest BCUT2D eigenvalue weighted by Gasteiger charge is -2.19. The molecule has 0 atom stereocenters. The first-order valence-corrected chi connectivity index (χ1v) is 3.93. The molecule has 0 rings (SSSR count). The van der Waals surface area contributed by atoms with E-state index in [0.29, 0.717) is 0 Å². The zero-order chi connectivity index (χ0) is 15.5. The topological polar surface area (TPSA) is 64.6 Å². The second-order valence-electron chi connectivity index (χ2n) is 3.43. The number of carbonyl (C=O) groups excluding carboxylic acids is 2. The molecule has 5 heteroatoms. The van der Waals surface area contributed by atoms with Crippen molar-refractivity contribution < 1.29 is 25.9 Å². The first-order valence-electron chi connectivity index (χ1n) is 6.43. The fourth-order valence-corrected chi connectivity index (χ4v) is 0.552. The Morgan fingerprint density at radius 2 is 2.14 bits per heavy atom. The molecule has 0 saturated heterocycles. The molecule has 0 aliphatic rings. The minimum absolute atomic E-state index is 0.690. The van der Waals surface area contributed by atoms with Gasteiger partial charge in [-0.15, -0.1) is 0 Å². The van der Waals surface area contributed by atoms with Crippen molar-refractivity contribution in [1.29, 1.82) is 0 Å². The van der Waals surface area contributed by atoms with Crippen molar-refractivity contribution in [3.63, 3.8) is 0 Å². The molecule has 0 unspecified atom stereocenters. The predicted molar refractivity (Wildman–Crippen MR) is 50.9 cm³/mol. The van der Waals surface area contributed by atoms with Gasteiger partial charge in [0.15, 0.2) is 0 Å². The van der Waals surface area contributed by atoms with Crippen molar-refractivity contribution in [2.24, 2.45) is 0 Å². The molecule has 0 spiro atoms. The van der Waals surface area contributed by atoms with E-state index < -0.39 is 37.6 Å². The van der Waals surface area contributed by atoms with Crippen molar-refractivity contribution in [2.45, 2.75) is 33.2 Å². The van der Waals surface area contributed by atoms with Crippen LogP contribution in [0.5, 0.6) is 0 Å². The van der Waals surface area contributed by atoms with E-state index in [0.717, 1.165) is 0 Å². The Hall–Kier alpha value is -1.26. The summed E-state index contributed by atoms with van der Waals surface area (Å²) in [6.45, 7) is -2.03. The van der Waals surface area contributed by atoms with E-state index in [9.17, 15) is 9.59 Å². The van der Waals surface area contributed by atoms with Crippen LogP contribution in [-0.2, 0) is 14.3 Å². The Balaban J connectivity index is 4.25. The average molecular weight is 208 g/mol. The highest BCUT2D eigenvalue weighted by Crippen LogP contribution is 2.05. The molecule has 0 saturated carbocycles. The van der Waals surface area contributed by atoms with Gasteiger partial charge in [0.1, 0.15) is 12.1 Å². The van der Waals surface area contributed by atoms with Gasteiger partial charge in [-0.2, -0.15) is 0 Å². The molecule has 0 aromatic heterocycles. The summed E-state index contributed by atoms with van der Waals surface area (Å²) in [4.78, 5) is 22.4. The van der Waals surface area contributed by atoms with Gasteiger partial charge in [-0.3, -0.25) is 4.79 Å². The van der Waals surface area contributed by atoms with Gasteiger partial charge >= 0.3 is 12.1 Å². The van der Waals surface area contributed by atoms with Crippen LogP contribution in [0.25, 0.3) is 0 Å². The highest BCUT2D eigenvalue weighted by Gasteiger charge is 2.16. The fourth-order valence-electron chi connectivity index (χ4n) is 0.552. The second kappa shape index (κ2) is 5.47.